The van der Waals surface area contributed by atoms with Crippen molar-refractivity contribution in [3.8, 4) is 0 Å². The molecule has 1 heterocycles. The fraction of sp³-hybridized carbons (Fsp3) is 1.00. The van der Waals surface area contributed by atoms with Crippen LogP contribution in [0.15, 0.2) is 0 Å². The molecule has 1 unspecified atom stereocenters. The van der Waals surface area contributed by atoms with Gasteiger partial charge in [0.25, 0.3) is 0 Å². The Labute approximate surface area is 88.5 Å². The van der Waals surface area contributed by atoms with Crippen LogP contribution in [-0.4, -0.2) is 62.7 Å². The van der Waals surface area contributed by atoms with Crippen LogP contribution in [0.3, 0.4) is 0 Å². The number of hydrogen-bond donors (Lipinski definition) is 1. The first-order valence-corrected chi connectivity index (χ1v) is 5.79. The second-order valence-electron chi connectivity index (χ2n) is 4.67. The van der Waals surface area contributed by atoms with E-state index in [4.69, 9.17) is 0 Å². The minimum atomic E-state index is 0.604. The van der Waals surface area contributed by atoms with Crippen molar-refractivity contribution in [2.75, 3.05) is 46.8 Å². The van der Waals surface area contributed by atoms with Gasteiger partial charge in [-0.25, -0.2) is 0 Å². The minimum absolute atomic E-state index is 0.604. The van der Waals surface area contributed by atoms with Gasteiger partial charge < -0.3 is 15.1 Å². The predicted molar refractivity (Wildman–Crippen MR) is 61.7 cm³/mol. The van der Waals surface area contributed by atoms with E-state index in [1.54, 1.807) is 0 Å². The molecule has 0 spiro atoms. The van der Waals surface area contributed by atoms with Crippen LogP contribution in [0.1, 0.15) is 19.8 Å². The maximum absolute atomic E-state index is 3.56. The largest absolute Gasteiger partial charge is 0.312 e. The van der Waals surface area contributed by atoms with Gasteiger partial charge in [0.2, 0.25) is 0 Å². The number of likely N-dealkylation sites (tertiary alicyclic amines) is 1. The molecule has 3 nitrogen and oxygen atoms in total. The molecule has 1 fully saturated rings. The SMILES string of the molecule is CC(CN(C)C)NCCN1CCCC1. The van der Waals surface area contributed by atoms with Crippen molar-refractivity contribution >= 4 is 0 Å². The molecule has 1 atom stereocenters. The van der Waals surface area contributed by atoms with Crippen molar-refractivity contribution in [3.05, 3.63) is 0 Å². The second kappa shape index (κ2) is 6.38. The molecule has 0 aromatic carbocycles. The Hall–Kier alpha value is -0.120. The fourth-order valence-electron chi connectivity index (χ4n) is 2.09. The number of nitrogens with zero attached hydrogens (tertiary/aromatic N) is 2. The molecule has 84 valence electrons. The third-order valence-corrected chi connectivity index (χ3v) is 2.76. The van der Waals surface area contributed by atoms with Crippen molar-refractivity contribution in [1.29, 1.82) is 0 Å². The summed E-state index contributed by atoms with van der Waals surface area (Å²) >= 11 is 0. The maximum atomic E-state index is 3.56. The van der Waals surface area contributed by atoms with E-state index >= 15 is 0 Å². The lowest BCUT2D eigenvalue weighted by atomic mass is 10.3. The standard InChI is InChI=1S/C11H25N3/c1-11(10-13(2)3)12-6-9-14-7-4-5-8-14/h11-12H,4-10H2,1-3H3. The van der Waals surface area contributed by atoms with Gasteiger partial charge in [0, 0.05) is 25.7 Å². The Morgan fingerprint density at radius 3 is 2.50 bits per heavy atom. The quantitative estimate of drug-likeness (QED) is 0.676. The number of rotatable bonds is 6. The molecule has 0 amide bonds. The van der Waals surface area contributed by atoms with Crippen molar-refractivity contribution < 1.29 is 0 Å². The number of nitrogens with one attached hydrogen (secondary N) is 1. The Morgan fingerprint density at radius 2 is 1.93 bits per heavy atom. The molecule has 0 saturated carbocycles. The molecule has 0 aromatic rings. The van der Waals surface area contributed by atoms with Gasteiger partial charge in [0.05, 0.1) is 0 Å². The highest BCUT2D eigenvalue weighted by Crippen LogP contribution is 2.05. The zero-order chi connectivity index (χ0) is 10.4. The van der Waals surface area contributed by atoms with Gasteiger partial charge in [-0.2, -0.15) is 0 Å². The van der Waals surface area contributed by atoms with Crippen molar-refractivity contribution in [2.45, 2.75) is 25.8 Å². The fourth-order valence-corrected chi connectivity index (χ4v) is 2.09. The number of hydrogen-bond acceptors (Lipinski definition) is 3. The van der Waals surface area contributed by atoms with Gasteiger partial charge in [-0.15, -0.1) is 0 Å². The molecule has 1 aliphatic heterocycles. The summed E-state index contributed by atoms with van der Waals surface area (Å²) in [6.07, 6.45) is 2.79. The van der Waals surface area contributed by atoms with Crippen molar-refractivity contribution in [1.82, 2.24) is 15.1 Å². The third kappa shape index (κ3) is 4.94. The molecular formula is C11H25N3. The van der Waals surface area contributed by atoms with Gasteiger partial charge in [0.1, 0.15) is 0 Å². The van der Waals surface area contributed by atoms with E-state index < -0.39 is 0 Å². The average Bonchev–Trinajstić information content (AvgIpc) is 2.55. The van der Waals surface area contributed by atoms with E-state index in [-0.39, 0.29) is 0 Å². The molecule has 0 bridgehead atoms. The van der Waals surface area contributed by atoms with Crippen LogP contribution < -0.4 is 5.32 Å². The summed E-state index contributed by atoms with van der Waals surface area (Å²) in [4.78, 5) is 4.78. The van der Waals surface area contributed by atoms with Gasteiger partial charge in [0.15, 0.2) is 0 Å². The van der Waals surface area contributed by atoms with E-state index in [1.165, 1.54) is 32.5 Å². The maximum Gasteiger partial charge on any atom is 0.0167 e. The summed E-state index contributed by atoms with van der Waals surface area (Å²) in [6, 6.07) is 0.604. The molecular weight excluding hydrogens is 174 g/mol. The van der Waals surface area contributed by atoms with Crippen LogP contribution in [0, 0.1) is 0 Å². The first kappa shape index (κ1) is 12.0. The van der Waals surface area contributed by atoms with E-state index in [0.29, 0.717) is 6.04 Å². The molecule has 1 N–H and O–H groups in total. The topological polar surface area (TPSA) is 18.5 Å². The first-order valence-electron chi connectivity index (χ1n) is 5.79. The van der Waals surface area contributed by atoms with Crippen molar-refractivity contribution in [3.63, 3.8) is 0 Å². The Bertz CT molecular complexity index is 141. The van der Waals surface area contributed by atoms with Crippen LogP contribution in [0.25, 0.3) is 0 Å². The summed E-state index contributed by atoms with van der Waals surface area (Å²) in [6.45, 7) is 8.35. The predicted octanol–water partition coefficient (Wildman–Crippen LogP) is 0.622. The summed E-state index contributed by atoms with van der Waals surface area (Å²) in [5.41, 5.74) is 0. The Kier molecular flexibility index (Phi) is 5.45. The van der Waals surface area contributed by atoms with Gasteiger partial charge in [-0.1, -0.05) is 0 Å². The summed E-state index contributed by atoms with van der Waals surface area (Å²) in [5, 5.41) is 3.56. The molecule has 1 rings (SSSR count). The molecule has 0 radical (unpaired) electrons. The van der Waals surface area contributed by atoms with E-state index in [0.717, 1.165) is 13.1 Å². The summed E-state index contributed by atoms with van der Waals surface area (Å²) in [5.74, 6) is 0. The van der Waals surface area contributed by atoms with Gasteiger partial charge in [-0.05, 0) is 47.0 Å². The van der Waals surface area contributed by atoms with E-state index in [9.17, 15) is 0 Å². The second-order valence-corrected chi connectivity index (χ2v) is 4.67. The smallest absolute Gasteiger partial charge is 0.0167 e. The Morgan fingerprint density at radius 1 is 1.29 bits per heavy atom. The van der Waals surface area contributed by atoms with Crippen LogP contribution >= 0.6 is 0 Å². The average molecular weight is 199 g/mol. The van der Waals surface area contributed by atoms with Gasteiger partial charge >= 0.3 is 0 Å². The zero-order valence-electron chi connectivity index (χ0n) is 9.92. The highest BCUT2D eigenvalue weighted by molar-refractivity contribution is 4.69. The number of likely N-dealkylation sites (N-methyl/N-ethyl adjacent to an activating group) is 1. The molecule has 0 aliphatic carbocycles. The van der Waals surface area contributed by atoms with E-state index in [1.807, 2.05) is 0 Å². The molecule has 0 aromatic heterocycles. The normalized spacial score (nSPS) is 20.6. The van der Waals surface area contributed by atoms with Crippen molar-refractivity contribution in [2.24, 2.45) is 0 Å². The molecule has 14 heavy (non-hydrogen) atoms. The lowest BCUT2D eigenvalue weighted by Crippen LogP contribution is -2.39. The highest BCUT2D eigenvalue weighted by Gasteiger charge is 2.10. The zero-order valence-corrected chi connectivity index (χ0v) is 9.92. The van der Waals surface area contributed by atoms with Crippen LogP contribution in [-0.2, 0) is 0 Å². The summed E-state index contributed by atoms with van der Waals surface area (Å²) in [7, 11) is 4.25. The van der Waals surface area contributed by atoms with E-state index in [2.05, 4.69) is 36.1 Å². The minimum Gasteiger partial charge on any atom is -0.312 e. The molecule has 1 aliphatic rings. The van der Waals surface area contributed by atoms with Gasteiger partial charge in [-0.3, -0.25) is 0 Å². The lowest BCUT2D eigenvalue weighted by molar-refractivity contribution is 0.308. The van der Waals surface area contributed by atoms with Crippen LogP contribution in [0.2, 0.25) is 0 Å². The van der Waals surface area contributed by atoms with Crippen LogP contribution in [0.5, 0.6) is 0 Å². The van der Waals surface area contributed by atoms with Crippen LogP contribution in [0.4, 0.5) is 0 Å². The molecule has 3 heteroatoms. The third-order valence-electron chi connectivity index (χ3n) is 2.76. The monoisotopic (exact) mass is 199 g/mol. The molecule has 1 saturated heterocycles. The highest BCUT2D eigenvalue weighted by atomic mass is 15.2. The first-order chi connectivity index (χ1) is 6.68. The lowest BCUT2D eigenvalue weighted by Gasteiger charge is -2.20. The Balaban J connectivity index is 1.96. The summed E-state index contributed by atoms with van der Waals surface area (Å²) < 4.78 is 0.